The second-order valence-corrected chi connectivity index (χ2v) is 10.4. The molecule has 0 spiro atoms. The van der Waals surface area contributed by atoms with Crippen molar-refractivity contribution in [3.63, 3.8) is 0 Å². The van der Waals surface area contributed by atoms with Crippen LogP contribution in [0.1, 0.15) is 61.6 Å². The van der Waals surface area contributed by atoms with Crippen molar-refractivity contribution in [2.45, 2.75) is 52.9 Å². The van der Waals surface area contributed by atoms with Gasteiger partial charge in [0.1, 0.15) is 5.15 Å². The zero-order valence-corrected chi connectivity index (χ0v) is 21.6. The average molecular weight is 483 g/mol. The van der Waals surface area contributed by atoms with Crippen molar-refractivity contribution in [2.24, 2.45) is 10.9 Å². The molecule has 7 heteroatoms. The molecular formula is C26H32ClN4OP. The van der Waals surface area contributed by atoms with Gasteiger partial charge >= 0.3 is 0 Å². The number of aliphatic imine (C=N–C) groups is 1. The van der Waals surface area contributed by atoms with Crippen molar-refractivity contribution in [2.75, 3.05) is 5.32 Å². The van der Waals surface area contributed by atoms with E-state index in [1.807, 2.05) is 38.3 Å². The molecule has 0 saturated carbocycles. The Balaban J connectivity index is 1.68. The summed E-state index contributed by atoms with van der Waals surface area (Å²) in [6.07, 6.45) is 8.97. The molecule has 0 bridgehead atoms. The molecule has 0 aliphatic carbocycles. The van der Waals surface area contributed by atoms with Gasteiger partial charge in [0.15, 0.2) is 0 Å². The maximum atomic E-state index is 12.6. The first-order valence-corrected chi connectivity index (χ1v) is 12.7. The molecule has 1 amide bonds. The Kier molecular flexibility index (Phi) is 8.96. The molecular weight excluding hydrogens is 451 g/mol. The number of pyridine rings is 1. The third-order valence-electron chi connectivity index (χ3n) is 5.37. The fraction of sp³-hybridized carbons (Fsp3) is 0.346. The molecule has 1 aliphatic heterocycles. The zero-order valence-electron chi connectivity index (χ0n) is 19.8. The van der Waals surface area contributed by atoms with Gasteiger partial charge in [-0.15, -0.1) is 0 Å². The molecule has 0 radical (unpaired) electrons. The van der Waals surface area contributed by atoms with Crippen LogP contribution in [-0.2, 0) is 0 Å². The number of anilines is 1. The van der Waals surface area contributed by atoms with Crippen molar-refractivity contribution in [1.82, 2.24) is 10.3 Å². The highest BCUT2D eigenvalue weighted by atomic mass is 35.5. The van der Waals surface area contributed by atoms with E-state index in [0.717, 1.165) is 28.9 Å². The van der Waals surface area contributed by atoms with Gasteiger partial charge in [-0.2, -0.15) is 0 Å². The van der Waals surface area contributed by atoms with Gasteiger partial charge in [-0.05, 0) is 67.8 Å². The van der Waals surface area contributed by atoms with E-state index in [9.17, 15) is 4.79 Å². The number of aromatic nitrogens is 1. The lowest BCUT2D eigenvalue weighted by molar-refractivity contribution is 0.102. The van der Waals surface area contributed by atoms with Gasteiger partial charge in [0.2, 0.25) is 0 Å². The summed E-state index contributed by atoms with van der Waals surface area (Å²) in [4.78, 5) is 21.4. The normalized spacial score (nSPS) is 20.0. The Bertz CT molecular complexity index is 1090. The lowest BCUT2D eigenvalue weighted by Crippen LogP contribution is -2.30. The fourth-order valence-corrected chi connectivity index (χ4v) is 4.99. The number of halogens is 1. The molecule has 0 saturated heterocycles. The highest BCUT2D eigenvalue weighted by Crippen LogP contribution is 2.39. The van der Waals surface area contributed by atoms with Crippen LogP contribution in [0.15, 0.2) is 64.7 Å². The van der Waals surface area contributed by atoms with E-state index in [-0.39, 0.29) is 17.7 Å². The van der Waals surface area contributed by atoms with Crippen LogP contribution in [0.2, 0.25) is 5.15 Å². The molecule has 2 heterocycles. The number of aryl methyl sites for hydroxylation is 1. The van der Waals surface area contributed by atoms with Gasteiger partial charge in [0.05, 0.1) is 17.0 Å². The molecule has 0 fully saturated rings. The predicted octanol–water partition coefficient (Wildman–Crippen LogP) is 6.87. The number of benzene rings is 1. The number of nitrogens with one attached hydrogen (secondary N) is 2. The van der Waals surface area contributed by atoms with E-state index in [2.05, 4.69) is 59.6 Å². The van der Waals surface area contributed by atoms with Crippen LogP contribution in [0, 0.1) is 12.8 Å². The van der Waals surface area contributed by atoms with Gasteiger partial charge in [0.25, 0.3) is 5.91 Å². The minimum atomic E-state index is -0.209. The predicted molar refractivity (Wildman–Crippen MR) is 142 cm³/mol. The van der Waals surface area contributed by atoms with Crippen molar-refractivity contribution >= 4 is 38.0 Å². The maximum absolute atomic E-state index is 12.6. The summed E-state index contributed by atoms with van der Waals surface area (Å²) in [7, 11) is 0.625. The number of carbonyl (C=O) groups excluding carboxylic acids is 1. The van der Waals surface area contributed by atoms with E-state index in [4.69, 9.17) is 11.6 Å². The first-order valence-electron chi connectivity index (χ1n) is 11.2. The number of rotatable bonds is 7. The summed E-state index contributed by atoms with van der Waals surface area (Å²) in [6.45, 7) is 10.5. The molecule has 2 N–H and O–H groups in total. The summed E-state index contributed by atoms with van der Waals surface area (Å²) in [5, 5.41) is 8.37. The Hall–Kier alpha value is -2.33. The second-order valence-electron chi connectivity index (χ2n) is 8.62. The average Bonchev–Trinajstić information content (AvgIpc) is 2.79. The van der Waals surface area contributed by atoms with Crippen LogP contribution in [-0.4, -0.2) is 22.9 Å². The lowest BCUT2D eigenvalue weighted by atomic mass is 10.1. The Morgan fingerprint density at radius 1 is 1.27 bits per heavy atom. The van der Waals surface area contributed by atoms with E-state index < -0.39 is 0 Å². The zero-order chi connectivity index (χ0) is 24.0. The van der Waals surface area contributed by atoms with E-state index in [0.29, 0.717) is 25.2 Å². The minimum absolute atomic E-state index is 0.101. The standard InChI is InChI=1S/C26H32ClN4OP/c1-6-22-23(11-10-16(2)3)33-24(15-28-22)30-18(5)19-8-7-9-21(13-19)31-26(32)20-12-17(4)25(27)29-14-20/h6-9,11-16,18,24,30,33H,10H2,1-5H3,(H,31,32)/b22-6+,23-11-. The molecule has 33 heavy (non-hydrogen) atoms. The largest absolute Gasteiger partial charge is 0.322 e. The number of amides is 1. The van der Waals surface area contributed by atoms with Crippen molar-refractivity contribution in [1.29, 1.82) is 0 Å². The van der Waals surface area contributed by atoms with Crippen LogP contribution in [0.5, 0.6) is 0 Å². The van der Waals surface area contributed by atoms with Crippen LogP contribution in [0.25, 0.3) is 0 Å². The Morgan fingerprint density at radius 3 is 2.76 bits per heavy atom. The quantitative estimate of drug-likeness (QED) is 0.334. The summed E-state index contributed by atoms with van der Waals surface area (Å²) in [5.41, 5.74) is 4.17. The molecule has 1 aromatic carbocycles. The van der Waals surface area contributed by atoms with Crippen molar-refractivity contribution in [3.05, 3.63) is 81.5 Å². The van der Waals surface area contributed by atoms with Gasteiger partial charge < -0.3 is 5.32 Å². The second kappa shape index (κ2) is 11.7. The van der Waals surface area contributed by atoms with Gasteiger partial charge in [-0.3, -0.25) is 15.1 Å². The van der Waals surface area contributed by atoms with Crippen molar-refractivity contribution in [3.8, 4) is 0 Å². The summed E-state index contributed by atoms with van der Waals surface area (Å²) >= 11 is 5.97. The Morgan fingerprint density at radius 2 is 2.06 bits per heavy atom. The molecule has 174 valence electrons. The third kappa shape index (κ3) is 7.07. The molecule has 5 nitrogen and oxygen atoms in total. The van der Waals surface area contributed by atoms with Crippen molar-refractivity contribution < 1.29 is 4.79 Å². The number of carbonyl (C=O) groups is 1. The van der Waals surface area contributed by atoms with E-state index in [1.165, 1.54) is 11.5 Å². The molecule has 2 aromatic rings. The first kappa shape index (κ1) is 25.3. The minimum Gasteiger partial charge on any atom is -0.322 e. The molecule has 3 atom stereocenters. The van der Waals surface area contributed by atoms with E-state index in [1.54, 1.807) is 6.07 Å². The summed E-state index contributed by atoms with van der Waals surface area (Å²) in [5.74, 6) is 0.602. The Labute approximate surface area is 203 Å². The highest BCUT2D eigenvalue weighted by molar-refractivity contribution is 7.45. The van der Waals surface area contributed by atoms with Crippen LogP contribution >= 0.6 is 20.2 Å². The van der Waals surface area contributed by atoms with Crippen LogP contribution in [0.3, 0.4) is 0 Å². The van der Waals surface area contributed by atoms with Gasteiger partial charge in [-0.1, -0.05) is 58.3 Å². The van der Waals surface area contributed by atoms with E-state index >= 15 is 0 Å². The lowest BCUT2D eigenvalue weighted by Gasteiger charge is -2.26. The monoisotopic (exact) mass is 482 g/mol. The van der Waals surface area contributed by atoms with Gasteiger partial charge in [-0.25, -0.2) is 4.98 Å². The number of hydrogen-bond donors (Lipinski definition) is 2. The summed E-state index contributed by atoms with van der Waals surface area (Å²) < 4.78 is 0. The molecule has 1 aliphatic rings. The van der Waals surface area contributed by atoms with Crippen LogP contribution < -0.4 is 10.6 Å². The number of nitrogens with zero attached hydrogens (tertiary/aromatic N) is 2. The first-order chi connectivity index (χ1) is 15.8. The van der Waals surface area contributed by atoms with Crippen LogP contribution in [0.4, 0.5) is 5.69 Å². The highest BCUT2D eigenvalue weighted by Gasteiger charge is 2.19. The smallest absolute Gasteiger partial charge is 0.257 e. The third-order valence-corrected chi connectivity index (χ3v) is 7.16. The SMILES string of the molecule is C/C=C1/N=CC(NC(C)c2cccc(NC(=O)c3cnc(Cl)c(C)c3)c2)P/C1=C\CC(C)C. The fourth-order valence-electron chi connectivity index (χ4n) is 3.47. The number of hydrogen-bond acceptors (Lipinski definition) is 4. The number of allylic oxidation sites excluding steroid dienone is 3. The molecule has 1 aromatic heterocycles. The maximum Gasteiger partial charge on any atom is 0.257 e. The molecule has 3 rings (SSSR count). The topological polar surface area (TPSA) is 66.4 Å². The molecule has 3 unspecified atom stereocenters. The summed E-state index contributed by atoms with van der Waals surface area (Å²) in [6, 6.07) is 9.75. The van der Waals surface area contributed by atoms with Gasteiger partial charge in [0, 0.05) is 24.1 Å².